The van der Waals surface area contributed by atoms with Crippen LogP contribution in [0.3, 0.4) is 0 Å². The maximum atomic E-state index is 11.7. The minimum atomic E-state index is -0.547. The maximum absolute atomic E-state index is 11.7. The molecule has 2 rings (SSSR count). The van der Waals surface area contributed by atoms with Crippen molar-refractivity contribution in [3.05, 3.63) is 0 Å². The number of amides is 2. The van der Waals surface area contributed by atoms with Crippen LogP contribution in [0.15, 0.2) is 0 Å². The highest BCUT2D eigenvalue weighted by molar-refractivity contribution is 6.01. The van der Waals surface area contributed by atoms with E-state index in [1.54, 1.807) is 7.05 Å². The normalized spacial score (nSPS) is 18.1. The summed E-state index contributed by atoms with van der Waals surface area (Å²) in [7, 11) is 1.68. The van der Waals surface area contributed by atoms with E-state index in [1.165, 1.54) is 0 Å². The van der Waals surface area contributed by atoms with Gasteiger partial charge in [-0.3, -0.25) is 14.9 Å². The zero-order chi connectivity index (χ0) is 15.2. The average molecular weight is 294 g/mol. The Morgan fingerprint density at radius 1 is 1.29 bits per heavy atom. The molecule has 114 valence electrons. The summed E-state index contributed by atoms with van der Waals surface area (Å²) >= 11 is 0. The Morgan fingerprint density at radius 3 is 2.71 bits per heavy atom. The van der Waals surface area contributed by atoms with Crippen molar-refractivity contribution in [1.29, 1.82) is 0 Å². The van der Waals surface area contributed by atoms with Crippen molar-refractivity contribution >= 4 is 23.7 Å². The van der Waals surface area contributed by atoms with Crippen LogP contribution < -0.4 is 20.7 Å². The van der Waals surface area contributed by atoms with E-state index in [9.17, 15) is 9.59 Å². The molecule has 0 saturated carbocycles. The number of nitrogens with zero attached hydrogens (tertiary/aromatic N) is 3. The molecule has 2 heterocycles. The third-order valence-corrected chi connectivity index (χ3v) is 2.82. The van der Waals surface area contributed by atoms with E-state index in [4.69, 9.17) is 4.74 Å². The molecule has 1 aromatic rings. The number of ether oxygens (including phenoxy) is 1. The Balaban J connectivity index is 2.11. The number of anilines is 2. The van der Waals surface area contributed by atoms with E-state index in [0.29, 0.717) is 19.0 Å². The molecule has 3 N–H and O–H groups in total. The molecule has 0 radical (unpaired) electrons. The van der Waals surface area contributed by atoms with Gasteiger partial charge in [0.1, 0.15) is 6.04 Å². The Hall–Kier alpha value is -2.45. The Bertz CT molecular complexity index is 536. The summed E-state index contributed by atoms with van der Waals surface area (Å²) in [6.45, 7) is 2.47. The fraction of sp³-hybridized carbons (Fsp3) is 0.583. The molecule has 1 aliphatic rings. The number of hydrogen-bond acceptors (Lipinski definition) is 8. The van der Waals surface area contributed by atoms with Crippen molar-refractivity contribution in [2.45, 2.75) is 32.2 Å². The predicted molar refractivity (Wildman–Crippen MR) is 75.0 cm³/mol. The fourth-order valence-electron chi connectivity index (χ4n) is 1.78. The fourth-order valence-corrected chi connectivity index (χ4v) is 1.78. The topological polar surface area (TPSA) is 118 Å². The lowest BCUT2D eigenvalue weighted by atomic mass is 10.1. The first kappa shape index (κ1) is 14.9. The van der Waals surface area contributed by atoms with E-state index in [0.717, 1.165) is 6.42 Å². The summed E-state index contributed by atoms with van der Waals surface area (Å²) in [6, 6.07) is -0.361. The number of carbonyl (C=O) groups excluding carboxylic acids is 2. The lowest BCUT2D eigenvalue weighted by Gasteiger charge is -2.21. The molecular formula is C12H18N6O3. The van der Waals surface area contributed by atoms with Crippen molar-refractivity contribution in [3.8, 4) is 6.01 Å². The van der Waals surface area contributed by atoms with Crippen molar-refractivity contribution < 1.29 is 14.3 Å². The van der Waals surface area contributed by atoms with Gasteiger partial charge in [0.25, 0.3) is 0 Å². The van der Waals surface area contributed by atoms with E-state index in [1.807, 2.05) is 6.92 Å². The standard InChI is InChI=1S/C12H18N6O3/c1-3-6-21-12-17-10(13-2)16-11(18-12)14-7-4-5-8(19)15-9(7)20/h7H,3-6H2,1-2H3,(H,15,19,20)(H2,13,14,16,17,18). The first-order chi connectivity index (χ1) is 10.1. The number of carbonyl (C=O) groups is 2. The lowest BCUT2D eigenvalue weighted by molar-refractivity contribution is -0.133. The summed E-state index contributed by atoms with van der Waals surface area (Å²) in [6.07, 6.45) is 1.51. The van der Waals surface area contributed by atoms with Gasteiger partial charge >= 0.3 is 6.01 Å². The van der Waals surface area contributed by atoms with Crippen LogP contribution in [0.25, 0.3) is 0 Å². The summed E-state index contributed by atoms with van der Waals surface area (Å²) < 4.78 is 5.37. The maximum Gasteiger partial charge on any atom is 0.323 e. The SMILES string of the molecule is CCCOc1nc(NC)nc(NC2CCC(=O)NC2=O)n1. The molecule has 0 aromatic carbocycles. The van der Waals surface area contributed by atoms with Crippen LogP contribution in [0, 0.1) is 0 Å². The van der Waals surface area contributed by atoms with Gasteiger partial charge in [-0.05, 0) is 12.8 Å². The zero-order valence-electron chi connectivity index (χ0n) is 12.0. The molecule has 0 bridgehead atoms. The van der Waals surface area contributed by atoms with Gasteiger partial charge in [0.2, 0.25) is 23.7 Å². The highest BCUT2D eigenvalue weighted by atomic mass is 16.5. The second-order valence-corrected chi connectivity index (χ2v) is 4.51. The van der Waals surface area contributed by atoms with Crippen LogP contribution in [0.1, 0.15) is 26.2 Å². The number of hydrogen-bond donors (Lipinski definition) is 3. The average Bonchev–Trinajstić information content (AvgIpc) is 2.48. The number of imide groups is 1. The van der Waals surface area contributed by atoms with Gasteiger partial charge in [-0.15, -0.1) is 0 Å². The third kappa shape index (κ3) is 4.01. The van der Waals surface area contributed by atoms with Crippen molar-refractivity contribution in [2.75, 3.05) is 24.3 Å². The molecule has 21 heavy (non-hydrogen) atoms. The molecular weight excluding hydrogens is 276 g/mol. The summed E-state index contributed by atoms with van der Waals surface area (Å²) in [5.74, 6) is -0.0777. The first-order valence-electron chi connectivity index (χ1n) is 6.79. The molecule has 1 fully saturated rings. The number of rotatable bonds is 6. The van der Waals surface area contributed by atoms with Gasteiger partial charge in [-0.2, -0.15) is 15.0 Å². The summed E-state index contributed by atoms with van der Waals surface area (Å²) in [5, 5.41) is 7.97. The second-order valence-electron chi connectivity index (χ2n) is 4.51. The highest BCUT2D eigenvalue weighted by Gasteiger charge is 2.27. The molecule has 1 aliphatic heterocycles. The van der Waals surface area contributed by atoms with Gasteiger partial charge < -0.3 is 15.4 Å². The van der Waals surface area contributed by atoms with E-state index in [2.05, 4.69) is 30.9 Å². The van der Waals surface area contributed by atoms with Crippen molar-refractivity contribution in [3.63, 3.8) is 0 Å². The van der Waals surface area contributed by atoms with Gasteiger partial charge in [0.05, 0.1) is 6.61 Å². The molecule has 9 heteroatoms. The Labute approximate surface area is 121 Å². The highest BCUT2D eigenvalue weighted by Crippen LogP contribution is 2.14. The third-order valence-electron chi connectivity index (χ3n) is 2.82. The largest absolute Gasteiger partial charge is 0.463 e. The lowest BCUT2D eigenvalue weighted by Crippen LogP contribution is -2.47. The van der Waals surface area contributed by atoms with Gasteiger partial charge in [0.15, 0.2) is 0 Å². The van der Waals surface area contributed by atoms with Gasteiger partial charge in [-0.1, -0.05) is 6.92 Å². The number of piperidine rings is 1. The first-order valence-corrected chi connectivity index (χ1v) is 6.79. The molecule has 2 amide bonds. The van der Waals surface area contributed by atoms with Crippen LogP contribution in [-0.4, -0.2) is 46.5 Å². The smallest absolute Gasteiger partial charge is 0.323 e. The number of nitrogens with one attached hydrogen (secondary N) is 3. The van der Waals surface area contributed by atoms with Crippen LogP contribution >= 0.6 is 0 Å². The van der Waals surface area contributed by atoms with E-state index >= 15 is 0 Å². The zero-order valence-corrected chi connectivity index (χ0v) is 12.0. The van der Waals surface area contributed by atoms with Crippen molar-refractivity contribution in [1.82, 2.24) is 20.3 Å². The summed E-state index contributed by atoms with van der Waals surface area (Å²) in [5.41, 5.74) is 0. The number of aromatic nitrogens is 3. The quantitative estimate of drug-likeness (QED) is 0.623. The Kier molecular flexibility index (Phi) is 4.85. The molecule has 1 atom stereocenters. The Morgan fingerprint density at radius 2 is 2.05 bits per heavy atom. The van der Waals surface area contributed by atoms with E-state index in [-0.39, 0.29) is 30.2 Å². The monoisotopic (exact) mass is 294 g/mol. The van der Waals surface area contributed by atoms with Crippen LogP contribution in [-0.2, 0) is 9.59 Å². The van der Waals surface area contributed by atoms with Crippen LogP contribution in [0.4, 0.5) is 11.9 Å². The van der Waals surface area contributed by atoms with Crippen LogP contribution in [0.5, 0.6) is 6.01 Å². The van der Waals surface area contributed by atoms with Gasteiger partial charge in [-0.25, -0.2) is 0 Å². The minimum Gasteiger partial charge on any atom is -0.463 e. The molecule has 0 spiro atoms. The molecule has 1 unspecified atom stereocenters. The minimum absolute atomic E-state index is 0.186. The second kappa shape index (κ2) is 6.82. The van der Waals surface area contributed by atoms with Crippen molar-refractivity contribution in [2.24, 2.45) is 0 Å². The molecule has 1 saturated heterocycles. The molecule has 1 aromatic heterocycles. The molecule has 9 nitrogen and oxygen atoms in total. The van der Waals surface area contributed by atoms with Crippen LogP contribution in [0.2, 0.25) is 0 Å². The molecule has 0 aliphatic carbocycles. The predicted octanol–water partition coefficient (Wildman–Crippen LogP) is -0.0808. The summed E-state index contributed by atoms with van der Waals surface area (Å²) in [4.78, 5) is 35.1. The van der Waals surface area contributed by atoms with E-state index < -0.39 is 6.04 Å². The van der Waals surface area contributed by atoms with Gasteiger partial charge in [0, 0.05) is 13.5 Å².